The Bertz CT molecular complexity index is 583. The molecule has 0 fully saturated rings. The average Bonchev–Trinajstić information content (AvgIpc) is 2.63. The molecule has 4 bridgehead atoms. The van der Waals surface area contributed by atoms with E-state index in [2.05, 4.69) is 15.1 Å². The zero-order chi connectivity index (χ0) is 10.4. The van der Waals surface area contributed by atoms with Crippen LogP contribution in [0.15, 0.2) is 18.2 Å². The Hall–Kier alpha value is -2.44. The smallest absolute Gasteiger partial charge is 0.416 e. The fourth-order valence-electron chi connectivity index (χ4n) is 1.31. The number of carbonyl (C=O) groups is 2. The summed E-state index contributed by atoms with van der Waals surface area (Å²) in [6.45, 7) is 0. The van der Waals surface area contributed by atoms with E-state index in [-0.39, 0.29) is 5.75 Å². The molecule has 0 atom stereocenters. The number of hydrogen-bond acceptors (Lipinski definition) is 6. The van der Waals surface area contributed by atoms with Crippen LogP contribution < -0.4 is 9.57 Å². The highest BCUT2D eigenvalue weighted by Crippen LogP contribution is 2.23. The summed E-state index contributed by atoms with van der Waals surface area (Å²) in [5.41, 5.74) is 0.840. The maximum Gasteiger partial charge on any atom is 0.443 e. The van der Waals surface area contributed by atoms with Gasteiger partial charge in [-0.25, -0.2) is 9.59 Å². The lowest BCUT2D eigenvalue weighted by Gasteiger charge is -2.07. The number of rotatable bonds is 0. The molecule has 7 heteroatoms. The van der Waals surface area contributed by atoms with Crippen LogP contribution in [0, 0.1) is 0 Å². The summed E-state index contributed by atoms with van der Waals surface area (Å²) in [6.07, 6.45) is 0. The Balaban J connectivity index is 2.37. The minimum atomic E-state index is -1.13. The second kappa shape index (κ2) is 2.53. The van der Waals surface area contributed by atoms with Crippen molar-refractivity contribution in [2.45, 2.75) is 0 Å². The maximum atomic E-state index is 11.1. The fraction of sp³-hybridized carbons (Fsp3) is 0. The standard InChI is InChI=1S/C8H3N3O4/c12-7-8(13)15-11-4-2-1-3-5(14-7)6(4)9-10-11/h1-3H. The molecule has 1 aliphatic rings. The Kier molecular flexibility index (Phi) is 1.34. The molecule has 3 rings (SSSR count). The molecule has 0 N–H and O–H groups in total. The average molecular weight is 205 g/mol. The number of esters is 1. The van der Waals surface area contributed by atoms with E-state index in [1.807, 2.05) is 0 Å². The molecule has 7 nitrogen and oxygen atoms in total. The summed E-state index contributed by atoms with van der Waals surface area (Å²) >= 11 is 0. The van der Waals surface area contributed by atoms with Gasteiger partial charge >= 0.3 is 11.9 Å². The molecule has 15 heavy (non-hydrogen) atoms. The van der Waals surface area contributed by atoms with E-state index >= 15 is 0 Å². The van der Waals surface area contributed by atoms with Gasteiger partial charge in [0.05, 0.1) is 0 Å². The molecule has 0 amide bonds. The second-order valence-corrected chi connectivity index (χ2v) is 2.85. The SMILES string of the molecule is O=C1Oc2cccc3c2nnn3OC1=O. The van der Waals surface area contributed by atoms with Crippen LogP contribution in [0.25, 0.3) is 11.0 Å². The van der Waals surface area contributed by atoms with Crippen molar-refractivity contribution >= 4 is 23.0 Å². The molecule has 1 aromatic carbocycles. The largest absolute Gasteiger partial charge is 0.443 e. The van der Waals surface area contributed by atoms with E-state index in [0.29, 0.717) is 11.0 Å². The van der Waals surface area contributed by atoms with Gasteiger partial charge in [0.1, 0.15) is 5.52 Å². The third kappa shape index (κ3) is 0.997. The first-order valence-electron chi connectivity index (χ1n) is 4.04. The van der Waals surface area contributed by atoms with Crippen LogP contribution in [-0.2, 0) is 9.59 Å². The molecule has 0 unspecified atom stereocenters. The minimum Gasteiger partial charge on any atom is -0.416 e. The van der Waals surface area contributed by atoms with Gasteiger partial charge in [-0.15, -0.1) is 5.10 Å². The molecule has 74 valence electrons. The van der Waals surface area contributed by atoms with Gasteiger partial charge in [0.15, 0.2) is 11.3 Å². The van der Waals surface area contributed by atoms with Gasteiger partial charge < -0.3 is 9.57 Å². The zero-order valence-electron chi connectivity index (χ0n) is 7.21. The van der Waals surface area contributed by atoms with Crippen LogP contribution in [0.1, 0.15) is 0 Å². The number of hydrogen-bond donors (Lipinski definition) is 0. The number of nitrogens with zero attached hydrogens (tertiary/aromatic N) is 3. The quantitative estimate of drug-likeness (QED) is 0.245. The van der Waals surface area contributed by atoms with Crippen LogP contribution >= 0.6 is 0 Å². The van der Waals surface area contributed by atoms with Gasteiger partial charge in [0.2, 0.25) is 0 Å². The Labute approximate surface area is 82.1 Å². The monoisotopic (exact) mass is 205 g/mol. The third-order valence-corrected chi connectivity index (χ3v) is 1.95. The molecule has 2 heterocycles. The van der Waals surface area contributed by atoms with Crippen LogP contribution in [0.4, 0.5) is 0 Å². The first-order valence-corrected chi connectivity index (χ1v) is 4.04. The van der Waals surface area contributed by atoms with Crippen LogP contribution in [-0.4, -0.2) is 27.1 Å². The summed E-state index contributed by atoms with van der Waals surface area (Å²) in [5, 5.41) is 7.29. The van der Waals surface area contributed by atoms with Gasteiger partial charge in [0.25, 0.3) is 0 Å². The van der Waals surface area contributed by atoms with E-state index in [1.165, 1.54) is 6.07 Å². The summed E-state index contributed by atoms with van der Waals surface area (Å²) < 4.78 is 4.76. The van der Waals surface area contributed by atoms with E-state index in [1.54, 1.807) is 12.1 Å². The maximum absolute atomic E-state index is 11.1. The molecule has 2 aromatic rings. The van der Waals surface area contributed by atoms with Crippen LogP contribution in [0.5, 0.6) is 5.75 Å². The van der Waals surface area contributed by atoms with E-state index in [0.717, 1.165) is 4.85 Å². The molecular weight excluding hydrogens is 202 g/mol. The molecule has 1 aliphatic heterocycles. The zero-order valence-corrected chi connectivity index (χ0v) is 7.21. The normalized spacial score (nSPS) is 14.7. The van der Waals surface area contributed by atoms with Crippen molar-refractivity contribution in [1.29, 1.82) is 0 Å². The van der Waals surface area contributed by atoms with E-state index < -0.39 is 11.9 Å². The second-order valence-electron chi connectivity index (χ2n) is 2.85. The Morgan fingerprint density at radius 1 is 1.20 bits per heavy atom. The molecule has 0 spiro atoms. The van der Waals surface area contributed by atoms with Crippen molar-refractivity contribution in [2.24, 2.45) is 0 Å². The topological polar surface area (TPSA) is 83.3 Å². The predicted molar refractivity (Wildman–Crippen MR) is 44.8 cm³/mol. The van der Waals surface area contributed by atoms with Gasteiger partial charge in [-0.2, -0.15) is 0 Å². The van der Waals surface area contributed by atoms with Crippen LogP contribution in [0.2, 0.25) is 0 Å². The molecular formula is C8H3N3O4. The molecule has 0 saturated carbocycles. The van der Waals surface area contributed by atoms with Crippen LogP contribution in [0.3, 0.4) is 0 Å². The van der Waals surface area contributed by atoms with Crippen molar-refractivity contribution in [3.63, 3.8) is 0 Å². The minimum absolute atomic E-state index is 0.195. The lowest BCUT2D eigenvalue weighted by Crippen LogP contribution is -2.32. The van der Waals surface area contributed by atoms with Crippen molar-refractivity contribution in [1.82, 2.24) is 15.2 Å². The summed E-state index contributed by atoms with van der Waals surface area (Å²) in [6, 6.07) is 4.81. The van der Waals surface area contributed by atoms with E-state index in [4.69, 9.17) is 4.74 Å². The Morgan fingerprint density at radius 3 is 2.93 bits per heavy atom. The summed E-state index contributed by atoms with van der Waals surface area (Å²) in [5.74, 6) is -2.03. The highest BCUT2D eigenvalue weighted by molar-refractivity contribution is 6.30. The van der Waals surface area contributed by atoms with Gasteiger partial charge in [-0.1, -0.05) is 10.9 Å². The Morgan fingerprint density at radius 2 is 2.07 bits per heavy atom. The fourth-order valence-corrected chi connectivity index (χ4v) is 1.31. The van der Waals surface area contributed by atoms with E-state index in [9.17, 15) is 9.59 Å². The van der Waals surface area contributed by atoms with Crippen molar-refractivity contribution in [3.8, 4) is 5.75 Å². The molecule has 0 saturated heterocycles. The molecule has 1 aromatic heterocycles. The van der Waals surface area contributed by atoms with Crippen molar-refractivity contribution in [3.05, 3.63) is 18.2 Å². The summed E-state index contributed by atoms with van der Waals surface area (Å²) in [4.78, 5) is 27.7. The number of carbonyl (C=O) groups excluding carboxylic acids is 2. The van der Waals surface area contributed by atoms with Gasteiger partial charge in [-0.05, 0) is 17.3 Å². The lowest BCUT2D eigenvalue weighted by atomic mass is 10.3. The third-order valence-electron chi connectivity index (χ3n) is 1.95. The predicted octanol–water partition coefficient (Wildman–Crippen LogP) is -0.695. The number of benzene rings is 1. The first kappa shape index (κ1) is 7.92. The highest BCUT2D eigenvalue weighted by Gasteiger charge is 2.26. The molecule has 0 radical (unpaired) electrons. The summed E-state index contributed by atoms with van der Waals surface area (Å²) in [7, 11) is 0. The van der Waals surface area contributed by atoms with Gasteiger partial charge in [0, 0.05) is 0 Å². The van der Waals surface area contributed by atoms with Gasteiger partial charge in [-0.3, -0.25) is 0 Å². The first-order chi connectivity index (χ1) is 7.25. The highest BCUT2D eigenvalue weighted by atomic mass is 16.7. The number of aromatic nitrogens is 3. The van der Waals surface area contributed by atoms with Crippen molar-refractivity contribution in [2.75, 3.05) is 0 Å². The lowest BCUT2D eigenvalue weighted by molar-refractivity contribution is -0.163. The molecule has 0 aliphatic carbocycles. The van der Waals surface area contributed by atoms with Crippen molar-refractivity contribution < 1.29 is 19.2 Å². The number of ether oxygens (including phenoxy) is 1.